The van der Waals surface area contributed by atoms with E-state index < -0.39 is 0 Å². The lowest BCUT2D eigenvalue weighted by atomic mass is 9.49. The van der Waals surface area contributed by atoms with Crippen LogP contribution in [0.4, 0.5) is 10.2 Å². The zero-order valence-corrected chi connectivity index (χ0v) is 22.8. The van der Waals surface area contributed by atoms with E-state index >= 15 is 0 Å². The molecule has 4 aliphatic rings. The van der Waals surface area contributed by atoms with Crippen LogP contribution in [0.5, 0.6) is 0 Å². The van der Waals surface area contributed by atoms with Gasteiger partial charge in [-0.15, -0.1) is 0 Å². The van der Waals surface area contributed by atoms with Gasteiger partial charge in [0.1, 0.15) is 11.6 Å². The van der Waals surface area contributed by atoms with E-state index in [4.69, 9.17) is 5.10 Å². The van der Waals surface area contributed by atoms with E-state index in [0.717, 1.165) is 24.8 Å². The highest BCUT2D eigenvalue weighted by Gasteiger charge is 2.55. The quantitative estimate of drug-likeness (QED) is 0.372. The molecule has 4 fully saturated rings. The van der Waals surface area contributed by atoms with Gasteiger partial charge in [0.05, 0.1) is 23.3 Å². The Bertz CT molecular complexity index is 1310. The zero-order chi connectivity index (χ0) is 27.1. The van der Waals surface area contributed by atoms with Crippen LogP contribution >= 0.6 is 0 Å². The number of rotatable bonds is 8. The maximum absolute atomic E-state index is 14.1. The molecular formula is C32H37FN4O2. The van der Waals surface area contributed by atoms with Gasteiger partial charge in [0.2, 0.25) is 11.8 Å². The number of hydrogen-bond donors (Lipinski definition) is 1. The maximum Gasteiger partial charge on any atom is 0.245 e. The number of benzene rings is 2. The van der Waals surface area contributed by atoms with Crippen LogP contribution in [0.1, 0.15) is 52.4 Å². The molecule has 7 heteroatoms. The maximum atomic E-state index is 14.1. The summed E-state index contributed by atoms with van der Waals surface area (Å²) in [6.07, 6.45) is 6.75. The number of carbonyl (C=O) groups is 2. The van der Waals surface area contributed by atoms with Crippen molar-refractivity contribution in [3.05, 3.63) is 66.5 Å². The third-order valence-electron chi connectivity index (χ3n) is 8.82. The van der Waals surface area contributed by atoms with E-state index in [1.165, 1.54) is 31.4 Å². The second-order valence-corrected chi connectivity index (χ2v) is 12.5. The summed E-state index contributed by atoms with van der Waals surface area (Å²) in [5.41, 5.74) is 1.95. The molecule has 1 N–H and O–H groups in total. The molecule has 4 bridgehead atoms. The van der Waals surface area contributed by atoms with Crippen LogP contribution in [-0.2, 0) is 9.59 Å². The fourth-order valence-corrected chi connectivity index (χ4v) is 7.72. The van der Waals surface area contributed by atoms with Crippen molar-refractivity contribution in [1.29, 1.82) is 0 Å². The molecule has 4 aliphatic carbocycles. The number of nitrogens with zero attached hydrogens (tertiary/aromatic N) is 3. The van der Waals surface area contributed by atoms with Crippen molar-refractivity contribution in [1.82, 2.24) is 14.7 Å². The van der Waals surface area contributed by atoms with Crippen molar-refractivity contribution in [2.45, 2.75) is 52.4 Å². The number of halogens is 1. The van der Waals surface area contributed by atoms with Gasteiger partial charge in [-0.2, -0.15) is 5.10 Å². The molecule has 0 unspecified atom stereocenters. The summed E-state index contributed by atoms with van der Waals surface area (Å²) in [6.45, 7) is 4.75. The number of carbonyl (C=O) groups excluding carboxylic acids is 2. The Morgan fingerprint density at radius 2 is 1.62 bits per heavy atom. The summed E-state index contributed by atoms with van der Waals surface area (Å²) >= 11 is 0. The van der Waals surface area contributed by atoms with Crippen LogP contribution in [0.2, 0.25) is 0 Å². The fourth-order valence-electron chi connectivity index (χ4n) is 7.72. The molecule has 0 atom stereocenters. The first-order valence-corrected chi connectivity index (χ1v) is 14.3. The van der Waals surface area contributed by atoms with Crippen LogP contribution in [0, 0.1) is 34.9 Å². The molecule has 1 heterocycles. The van der Waals surface area contributed by atoms with E-state index in [9.17, 15) is 14.0 Å². The molecule has 0 spiro atoms. The van der Waals surface area contributed by atoms with E-state index in [1.807, 2.05) is 41.3 Å². The molecule has 2 aromatic carbocycles. The standard InChI is InChI=1S/C32H37FN4O2/c1-21(2)19-36(31(39)32-16-22-12-23(17-32)14-24(13-22)18-32)20-30(38)34-29-15-28(25-6-4-3-5-7-25)35-37(29)27-10-8-26(33)9-11-27/h3-11,15,21-24H,12-14,16-20H2,1-2H3,(H,34,38). The van der Waals surface area contributed by atoms with Crippen molar-refractivity contribution in [2.75, 3.05) is 18.4 Å². The van der Waals surface area contributed by atoms with Gasteiger partial charge in [0, 0.05) is 18.2 Å². The highest BCUT2D eigenvalue weighted by molar-refractivity contribution is 5.95. The normalized spacial score (nSPS) is 25.2. The SMILES string of the molecule is CC(C)CN(CC(=O)Nc1cc(-c2ccccc2)nn1-c1ccc(F)cc1)C(=O)C12CC3CC(CC(C3)C1)C2. The van der Waals surface area contributed by atoms with Gasteiger partial charge in [0.25, 0.3) is 0 Å². The van der Waals surface area contributed by atoms with Crippen molar-refractivity contribution < 1.29 is 14.0 Å². The van der Waals surface area contributed by atoms with Crippen LogP contribution in [0.25, 0.3) is 16.9 Å². The lowest BCUT2D eigenvalue weighted by molar-refractivity contribution is -0.159. The molecule has 1 aromatic heterocycles. The Labute approximate surface area is 229 Å². The molecule has 0 radical (unpaired) electrons. The minimum absolute atomic E-state index is 0.00797. The molecule has 7 rings (SSSR count). The number of hydrogen-bond acceptors (Lipinski definition) is 3. The van der Waals surface area contributed by atoms with Crippen LogP contribution < -0.4 is 5.32 Å². The van der Waals surface area contributed by atoms with Crippen molar-refractivity contribution in [3.63, 3.8) is 0 Å². The van der Waals surface area contributed by atoms with E-state index in [-0.39, 0.29) is 35.5 Å². The summed E-state index contributed by atoms with van der Waals surface area (Å²) < 4.78 is 15.3. The van der Waals surface area contributed by atoms with Gasteiger partial charge in [0.15, 0.2) is 0 Å². The van der Waals surface area contributed by atoms with E-state index in [0.29, 0.717) is 41.5 Å². The average Bonchev–Trinajstić information content (AvgIpc) is 3.31. The summed E-state index contributed by atoms with van der Waals surface area (Å²) in [7, 11) is 0. The molecule has 4 saturated carbocycles. The number of nitrogens with one attached hydrogen (secondary N) is 1. The predicted octanol–water partition coefficient (Wildman–Crippen LogP) is 6.32. The molecule has 6 nitrogen and oxygen atoms in total. The second-order valence-electron chi connectivity index (χ2n) is 12.5. The van der Waals surface area contributed by atoms with E-state index in [2.05, 4.69) is 19.2 Å². The van der Waals surface area contributed by atoms with Gasteiger partial charge >= 0.3 is 0 Å². The molecule has 0 saturated heterocycles. The van der Waals surface area contributed by atoms with Gasteiger partial charge in [-0.25, -0.2) is 9.07 Å². The number of amides is 2. The molecule has 204 valence electrons. The number of aromatic nitrogens is 2. The Kier molecular flexibility index (Phi) is 6.77. The van der Waals surface area contributed by atoms with Gasteiger partial charge in [-0.05, 0) is 86.5 Å². The molecular weight excluding hydrogens is 491 g/mol. The van der Waals surface area contributed by atoms with Crippen molar-refractivity contribution in [2.24, 2.45) is 29.1 Å². The Balaban J connectivity index is 1.25. The van der Waals surface area contributed by atoms with Gasteiger partial charge in [-0.1, -0.05) is 44.2 Å². The first-order chi connectivity index (χ1) is 18.8. The first-order valence-electron chi connectivity index (χ1n) is 14.3. The molecule has 0 aliphatic heterocycles. The van der Waals surface area contributed by atoms with Gasteiger partial charge in [-0.3, -0.25) is 9.59 Å². The lowest BCUT2D eigenvalue weighted by Gasteiger charge is -2.56. The molecule has 2 amide bonds. The number of anilines is 1. The fraction of sp³-hybridized carbons (Fsp3) is 0.469. The van der Waals surface area contributed by atoms with E-state index in [1.54, 1.807) is 16.8 Å². The monoisotopic (exact) mass is 528 g/mol. The lowest BCUT2D eigenvalue weighted by Crippen LogP contribution is -2.56. The third-order valence-corrected chi connectivity index (χ3v) is 8.82. The minimum Gasteiger partial charge on any atom is -0.333 e. The summed E-state index contributed by atoms with van der Waals surface area (Å²) in [4.78, 5) is 29.4. The highest BCUT2D eigenvalue weighted by Crippen LogP contribution is 2.60. The smallest absolute Gasteiger partial charge is 0.245 e. The minimum atomic E-state index is -0.340. The average molecular weight is 529 g/mol. The van der Waals surface area contributed by atoms with Crippen molar-refractivity contribution in [3.8, 4) is 16.9 Å². The highest BCUT2D eigenvalue weighted by atomic mass is 19.1. The van der Waals surface area contributed by atoms with Crippen molar-refractivity contribution >= 4 is 17.6 Å². The second kappa shape index (κ2) is 10.2. The van der Waals surface area contributed by atoms with Crippen LogP contribution in [0.15, 0.2) is 60.7 Å². The Hall–Kier alpha value is -3.48. The van der Waals surface area contributed by atoms with Crippen LogP contribution in [-0.4, -0.2) is 39.6 Å². The summed E-state index contributed by atoms with van der Waals surface area (Å²) in [5, 5.41) is 7.74. The summed E-state index contributed by atoms with van der Waals surface area (Å²) in [5.74, 6) is 2.30. The topological polar surface area (TPSA) is 67.2 Å². The molecule has 39 heavy (non-hydrogen) atoms. The zero-order valence-electron chi connectivity index (χ0n) is 22.8. The first kappa shape index (κ1) is 25.8. The van der Waals surface area contributed by atoms with Crippen LogP contribution in [0.3, 0.4) is 0 Å². The predicted molar refractivity (Wildman–Crippen MR) is 150 cm³/mol. The van der Waals surface area contributed by atoms with Gasteiger partial charge < -0.3 is 10.2 Å². The summed E-state index contributed by atoms with van der Waals surface area (Å²) in [6, 6.07) is 17.6. The third kappa shape index (κ3) is 5.23. The Morgan fingerprint density at radius 3 is 2.21 bits per heavy atom. The molecule has 3 aromatic rings. The Morgan fingerprint density at radius 1 is 1.00 bits per heavy atom. The largest absolute Gasteiger partial charge is 0.333 e.